The summed E-state index contributed by atoms with van der Waals surface area (Å²) < 4.78 is 10.8. The minimum Gasteiger partial charge on any atom is -0.497 e. The summed E-state index contributed by atoms with van der Waals surface area (Å²) in [4.78, 5) is 36.3. The summed E-state index contributed by atoms with van der Waals surface area (Å²) in [6.07, 6.45) is 0. The Bertz CT molecular complexity index is 898. The van der Waals surface area contributed by atoms with Gasteiger partial charge in [0, 0.05) is 30.8 Å². The number of benzene rings is 2. The summed E-state index contributed by atoms with van der Waals surface area (Å²) in [5.74, 6) is 0.365. The highest BCUT2D eigenvalue weighted by Gasteiger charge is 2.18. The molecule has 0 radical (unpaired) electrons. The fourth-order valence-corrected chi connectivity index (χ4v) is 2.79. The molecule has 30 heavy (non-hydrogen) atoms. The second-order valence-corrected chi connectivity index (χ2v) is 6.32. The Kier molecular flexibility index (Phi) is 8.16. The average Bonchev–Trinajstić information content (AvgIpc) is 2.75. The van der Waals surface area contributed by atoms with Crippen LogP contribution < -0.4 is 14.8 Å². The van der Waals surface area contributed by atoms with Crippen molar-refractivity contribution in [1.29, 1.82) is 0 Å². The molecule has 0 fully saturated rings. The molecular formula is C21H25N3O6. The zero-order valence-corrected chi connectivity index (χ0v) is 17.2. The van der Waals surface area contributed by atoms with E-state index in [1.807, 2.05) is 0 Å². The molecule has 9 heteroatoms. The molecule has 0 aliphatic rings. The van der Waals surface area contributed by atoms with Gasteiger partial charge < -0.3 is 19.7 Å². The van der Waals surface area contributed by atoms with Gasteiger partial charge in [0.15, 0.2) is 6.61 Å². The quantitative estimate of drug-likeness (QED) is 0.472. The summed E-state index contributed by atoms with van der Waals surface area (Å²) >= 11 is 0. The third kappa shape index (κ3) is 5.94. The highest BCUT2D eigenvalue weighted by atomic mass is 16.6. The van der Waals surface area contributed by atoms with Crippen molar-refractivity contribution in [3.8, 4) is 22.6 Å². The molecule has 0 spiro atoms. The van der Waals surface area contributed by atoms with E-state index in [4.69, 9.17) is 9.47 Å². The largest absolute Gasteiger partial charge is 0.497 e. The van der Waals surface area contributed by atoms with Gasteiger partial charge in [0.25, 0.3) is 11.6 Å². The molecule has 0 aromatic heterocycles. The Morgan fingerprint density at radius 1 is 1.13 bits per heavy atom. The number of likely N-dealkylation sites (N-methyl/N-ethyl adjacent to an activating group) is 2. The molecule has 2 aromatic carbocycles. The molecule has 9 nitrogen and oxygen atoms in total. The third-order valence-electron chi connectivity index (χ3n) is 4.37. The number of carbonyl (C=O) groups is 2. The zero-order chi connectivity index (χ0) is 22.1. The van der Waals surface area contributed by atoms with E-state index in [0.717, 1.165) is 0 Å². The Hall–Kier alpha value is -3.62. The second kappa shape index (κ2) is 10.8. The SMILES string of the molecule is CCNC(=O)CN(CC)C(=O)COc1ccc([N+](=O)[O-])cc1-c1ccc(OC)cc1. The number of hydrogen-bond acceptors (Lipinski definition) is 6. The summed E-state index contributed by atoms with van der Waals surface area (Å²) in [6.45, 7) is 4.05. The van der Waals surface area contributed by atoms with Crippen LogP contribution in [-0.2, 0) is 9.59 Å². The molecule has 2 amide bonds. The van der Waals surface area contributed by atoms with Gasteiger partial charge >= 0.3 is 0 Å². The van der Waals surface area contributed by atoms with Crippen molar-refractivity contribution >= 4 is 17.5 Å². The van der Waals surface area contributed by atoms with E-state index in [1.165, 1.54) is 23.1 Å². The topological polar surface area (TPSA) is 111 Å². The van der Waals surface area contributed by atoms with E-state index >= 15 is 0 Å². The number of methoxy groups -OCH3 is 1. The molecule has 0 bridgehead atoms. The number of carbonyl (C=O) groups excluding carboxylic acids is 2. The fourth-order valence-electron chi connectivity index (χ4n) is 2.79. The molecule has 0 unspecified atom stereocenters. The monoisotopic (exact) mass is 415 g/mol. The Morgan fingerprint density at radius 2 is 1.83 bits per heavy atom. The zero-order valence-electron chi connectivity index (χ0n) is 17.2. The number of ether oxygens (including phenoxy) is 2. The number of amides is 2. The molecule has 2 aromatic rings. The van der Waals surface area contributed by atoms with Crippen LogP contribution >= 0.6 is 0 Å². The molecule has 160 valence electrons. The molecule has 1 N–H and O–H groups in total. The van der Waals surface area contributed by atoms with Crippen LogP contribution in [0, 0.1) is 10.1 Å². The first kappa shape index (κ1) is 22.7. The maximum absolute atomic E-state index is 12.5. The predicted octanol–water partition coefficient (Wildman–Crippen LogP) is 2.63. The summed E-state index contributed by atoms with van der Waals surface area (Å²) in [5.41, 5.74) is 1.06. The van der Waals surface area contributed by atoms with Crippen molar-refractivity contribution in [1.82, 2.24) is 10.2 Å². The van der Waals surface area contributed by atoms with Crippen molar-refractivity contribution in [3.63, 3.8) is 0 Å². The highest BCUT2D eigenvalue weighted by molar-refractivity contribution is 5.85. The predicted molar refractivity (Wildman–Crippen MR) is 112 cm³/mol. The Balaban J connectivity index is 2.22. The lowest BCUT2D eigenvalue weighted by atomic mass is 10.0. The van der Waals surface area contributed by atoms with Gasteiger partial charge in [-0.05, 0) is 37.6 Å². The van der Waals surface area contributed by atoms with Crippen LogP contribution in [-0.4, -0.2) is 55.0 Å². The molecule has 0 aliphatic carbocycles. The van der Waals surface area contributed by atoms with Crippen molar-refractivity contribution in [2.24, 2.45) is 0 Å². The number of hydrogen-bond donors (Lipinski definition) is 1. The highest BCUT2D eigenvalue weighted by Crippen LogP contribution is 2.34. The van der Waals surface area contributed by atoms with Crippen LogP contribution in [0.5, 0.6) is 11.5 Å². The van der Waals surface area contributed by atoms with Crippen LogP contribution in [0.25, 0.3) is 11.1 Å². The first-order valence-corrected chi connectivity index (χ1v) is 9.49. The van der Waals surface area contributed by atoms with E-state index in [2.05, 4.69) is 5.32 Å². The number of nitro benzene ring substituents is 1. The van der Waals surface area contributed by atoms with Crippen molar-refractivity contribution in [2.75, 3.05) is 33.4 Å². The van der Waals surface area contributed by atoms with Crippen LogP contribution in [0.2, 0.25) is 0 Å². The van der Waals surface area contributed by atoms with Gasteiger partial charge in [0.05, 0.1) is 18.6 Å². The minimum absolute atomic E-state index is 0.0574. The maximum atomic E-state index is 12.5. The summed E-state index contributed by atoms with van der Waals surface area (Å²) in [7, 11) is 1.54. The van der Waals surface area contributed by atoms with Crippen molar-refractivity contribution in [3.05, 3.63) is 52.6 Å². The average molecular weight is 415 g/mol. The first-order chi connectivity index (χ1) is 14.4. The third-order valence-corrected chi connectivity index (χ3v) is 4.37. The van der Waals surface area contributed by atoms with E-state index in [0.29, 0.717) is 35.7 Å². The Morgan fingerprint density at radius 3 is 2.40 bits per heavy atom. The van der Waals surface area contributed by atoms with E-state index < -0.39 is 4.92 Å². The Labute approximate surface area is 174 Å². The van der Waals surface area contributed by atoms with Gasteiger partial charge in [0.1, 0.15) is 11.5 Å². The van der Waals surface area contributed by atoms with Crippen molar-refractivity contribution < 1.29 is 24.0 Å². The smallest absolute Gasteiger partial charge is 0.270 e. The molecule has 0 atom stereocenters. The van der Waals surface area contributed by atoms with Gasteiger partial charge in [-0.1, -0.05) is 12.1 Å². The van der Waals surface area contributed by atoms with Gasteiger partial charge in [-0.2, -0.15) is 0 Å². The number of non-ortho nitro benzene ring substituents is 1. The van der Waals surface area contributed by atoms with Crippen LogP contribution in [0.15, 0.2) is 42.5 Å². The summed E-state index contributed by atoms with van der Waals surface area (Å²) in [6, 6.07) is 11.1. The number of nitrogens with zero attached hydrogens (tertiary/aromatic N) is 2. The number of nitro groups is 1. The molecule has 2 rings (SSSR count). The van der Waals surface area contributed by atoms with Crippen LogP contribution in [0.4, 0.5) is 5.69 Å². The minimum atomic E-state index is -0.493. The van der Waals surface area contributed by atoms with Gasteiger partial charge in [-0.25, -0.2) is 0 Å². The molecular weight excluding hydrogens is 390 g/mol. The molecule has 0 heterocycles. The fraction of sp³-hybridized carbons (Fsp3) is 0.333. The lowest BCUT2D eigenvalue weighted by molar-refractivity contribution is -0.384. The molecule has 0 aliphatic heterocycles. The maximum Gasteiger partial charge on any atom is 0.270 e. The van der Waals surface area contributed by atoms with Crippen LogP contribution in [0.1, 0.15) is 13.8 Å². The van der Waals surface area contributed by atoms with Gasteiger partial charge in [-0.15, -0.1) is 0 Å². The lowest BCUT2D eigenvalue weighted by Gasteiger charge is -2.21. The second-order valence-electron chi connectivity index (χ2n) is 6.32. The first-order valence-electron chi connectivity index (χ1n) is 9.49. The van der Waals surface area contributed by atoms with E-state index in [1.54, 1.807) is 45.2 Å². The van der Waals surface area contributed by atoms with E-state index in [-0.39, 0.29) is 30.7 Å². The number of nitrogens with one attached hydrogen (secondary N) is 1. The van der Waals surface area contributed by atoms with E-state index in [9.17, 15) is 19.7 Å². The molecule has 0 saturated carbocycles. The summed E-state index contributed by atoms with van der Waals surface area (Å²) in [5, 5.41) is 13.8. The lowest BCUT2D eigenvalue weighted by Crippen LogP contribution is -2.42. The van der Waals surface area contributed by atoms with Gasteiger partial charge in [0.2, 0.25) is 5.91 Å². The number of rotatable bonds is 10. The van der Waals surface area contributed by atoms with Crippen LogP contribution in [0.3, 0.4) is 0 Å². The van der Waals surface area contributed by atoms with Gasteiger partial charge in [-0.3, -0.25) is 19.7 Å². The standard InChI is InChI=1S/C21H25N3O6/c1-4-22-20(25)13-23(5-2)21(26)14-30-19-11-8-16(24(27)28)12-18(19)15-6-9-17(29-3)10-7-15/h6-12H,4-5,13-14H2,1-3H3,(H,22,25). The normalized spacial score (nSPS) is 10.2. The molecule has 0 saturated heterocycles. The van der Waals surface area contributed by atoms with Crippen molar-refractivity contribution in [2.45, 2.75) is 13.8 Å².